The summed E-state index contributed by atoms with van der Waals surface area (Å²) >= 11 is 1.13. The van der Waals surface area contributed by atoms with Crippen molar-refractivity contribution in [2.45, 2.75) is 25.8 Å². The first-order valence-electron chi connectivity index (χ1n) is 12.5. The third kappa shape index (κ3) is 4.20. The Morgan fingerprint density at radius 1 is 1.00 bits per heavy atom. The highest BCUT2D eigenvalue weighted by molar-refractivity contribution is 7.14. The minimum atomic E-state index is -0.208. The van der Waals surface area contributed by atoms with E-state index < -0.39 is 0 Å². The number of nitrogens with one attached hydrogen (secondary N) is 2. The maximum atomic E-state index is 13.7. The van der Waals surface area contributed by atoms with Crippen molar-refractivity contribution in [2.75, 3.05) is 13.1 Å². The number of nitrogens with zero attached hydrogens (tertiary/aromatic N) is 5. The minimum Gasteiger partial charge on any atom is -0.338 e. The molecule has 0 saturated carbocycles. The predicted octanol–water partition coefficient (Wildman–Crippen LogP) is 6.42. The molecule has 0 radical (unpaired) electrons. The molecule has 1 fully saturated rings. The first kappa shape index (κ1) is 22.3. The summed E-state index contributed by atoms with van der Waals surface area (Å²) in [5.41, 5.74) is 7.85. The van der Waals surface area contributed by atoms with E-state index in [4.69, 9.17) is 4.98 Å². The summed E-state index contributed by atoms with van der Waals surface area (Å²) in [5.74, 6) is 0. The number of piperidine rings is 1. The zero-order valence-corrected chi connectivity index (χ0v) is 20.9. The molecule has 37 heavy (non-hydrogen) atoms. The van der Waals surface area contributed by atoms with Gasteiger partial charge in [0.15, 0.2) is 5.13 Å². The molecule has 7 heterocycles. The predicted molar refractivity (Wildman–Crippen MR) is 145 cm³/mol. The second kappa shape index (κ2) is 9.17. The third-order valence-corrected chi connectivity index (χ3v) is 7.89. The summed E-state index contributed by atoms with van der Waals surface area (Å²) in [6, 6.07) is 13.4. The highest BCUT2D eigenvalue weighted by Crippen LogP contribution is 2.35. The number of aromatic amines is 2. The fraction of sp³-hybridized carbons (Fsp3) is 0.214. The summed E-state index contributed by atoms with van der Waals surface area (Å²) in [4.78, 5) is 20.7. The van der Waals surface area contributed by atoms with Gasteiger partial charge in [0.05, 0.1) is 16.9 Å². The number of H-pyrrole nitrogens is 2. The standard InChI is InChI=1S/C28H24FN7S/c29-25-7-6-24(37-25)19-8-9-31-28-20(19)13-23(33-28)27-26-22(34-35-27)5-4-21(32-26)18-12-17(14-30-15-18)16-36-10-2-1-3-11-36/h4-9,12-15H,1-3,10-11,16H2,(H,31,33)(H,34,35). The van der Waals surface area contributed by atoms with Crippen LogP contribution in [0.25, 0.3) is 55.2 Å². The lowest BCUT2D eigenvalue weighted by molar-refractivity contribution is 0.220. The van der Waals surface area contributed by atoms with E-state index in [0.717, 1.165) is 86.1 Å². The second-order valence-electron chi connectivity index (χ2n) is 9.49. The Balaban J connectivity index is 1.26. The fourth-order valence-corrected chi connectivity index (χ4v) is 5.94. The smallest absolute Gasteiger partial charge is 0.176 e. The number of hydrogen-bond acceptors (Lipinski definition) is 6. The van der Waals surface area contributed by atoms with Crippen molar-refractivity contribution < 1.29 is 4.39 Å². The van der Waals surface area contributed by atoms with Crippen LogP contribution < -0.4 is 0 Å². The fourth-order valence-electron chi connectivity index (χ4n) is 5.17. The van der Waals surface area contributed by atoms with Crippen LogP contribution in [-0.2, 0) is 6.54 Å². The van der Waals surface area contributed by atoms with Crippen LogP contribution in [0.2, 0.25) is 0 Å². The Hall–Kier alpha value is -3.95. The molecule has 6 aromatic rings. The number of rotatable bonds is 5. The lowest BCUT2D eigenvalue weighted by Gasteiger charge is -2.26. The van der Waals surface area contributed by atoms with Gasteiger partial charge in [-0.3, -0.25) is 15.0 Å². The SMILES string of the molecule is Fc1ccc(-c2ccnc3[nH]c(-c4n[nH]c5ccc(-c6cncc(CN7CCCCC7)c6)nc45)cc23)s1. The van der Waals surface area contributed by atoms with Crippen molar-refractivity contribution in [1.29, 1.82) is 0 Å². The Labute approximate surface area is 216 Å². The molecule has 0 aliphatic carbocycles. The van der Waals surface area contributed by atoms with Crippen molar-refractivity contribution in [3.05, 3.63) is 71.7 Å². The van der Waals surface area contributed by atoms with Crippen LogP contribution in [0.4, 0.5) is 4.39 Å². The molecule has 0 atom stereocenters. The number of aromatic nitrogens is 6. The maximum absolute atomic E-state index is 13.7. The van der Waals surface area contributed by atoms with Crippen molar-refractivity contribution >= 4 is 33.4 Å². The number of halogens is 1. The molecular formula is C28H24FN7S. The lowest BCUT2D eigenvalue weighted by Crippen LogP contribution is -2.29. The van der Waals surface area contributed by atoms with Crippen molar-refractivity contribution in [3.63, 3.8) is 0 Å². The lowest BCUT2D eigenvalue weighted by atomic mass is 10.1. The molecule has 184 valence electrons. The molecular weight excluding hydrogens is 485 g/mol. The summed E-state index contributed by atoms with van der Waals surface area (Å²) in [6.45, 7) is 3.21. The molecule has 2 N–H and O–H groups in total. The van der Waals surface area contributed by atoms with Crippen molar-refractivity contribution in [2.24, 2.45) is 0 Å². The van der Waals surface area contributed by atoms with Gasteiger partial charge in [-0.05, 0) is 74.0 Å². The molecule has 7 nitrogen and oxygen atoms in total. The Kier molecular flexibility index (Phi) is 5.52. The zero-order chi connectivity index (χ0) is 24.8. The molecule has 0 unspecified atom stereocenters. The van der Waals surface area contributed by atoms with Crippen LogP contribution >= 0.6 is 11.3 Å². The molecule has 0 bridgehead atoms. The van der Waals surface area contributed by atoms with Crippen LogP contribution in [-0.4, -0.2) is 48.1 Å². The zero-order valence-electron chi connectivity index (χ0n) is 20.0. The van der Waals surface area contributed by atoms with Gasteiger partial charge in [0.25, 0.3) is 0 Å². The van der Waals surface area contributed by atoms with E-state index in [1.165, 1.54) is 30.9 Å². The molecule has 6 aromatic heterocycles. The normalized spacial score (nSPS) is 14.6. The Morgan fingerprint density at radius 3 is 2.78 bits per heavy atom. The van der Waals surface area contributed by atoms with E-state index in [2.05, 4.69) is 36.1 Å². The van der Waals surface area contributed by atoms with Crippen LogP contribution in [0, 0.1) is 5.13 Å². The molecule has 1 aliphatic heterocycles. The van der Waals surface area contributed by atoms with Gasteiger partial charge in [0.2, 0.25) is 0 Å². The monoisotopic (exact) mass is 509 g/mol. The van der Waals surface area contributed by atoms with E-state index in [0.29, 0.717) is 0 Å². The van der Waals surface area contributed by atoms with E-state index in [1.807, 2.05) is 36.7 Å². The van der Waals surface area contributed by atoms with Gasteiger partial charge in [0.1, 0.15) is 16.9 Å². The summed E-state index contributed by atoms with van der Waals surface area (Å²) in [5, 5.41) is 8.38. The van der Waals surface area contributed by atoms with Gasteiger partial charge in [0, 0.05) is 46.5 Å². The van der Waals surface area contributed by atoms with E-state index >= 15 is 0 Å². The maximum Gasteiger partial charge on any atom is 0.176 e. The first-order valence-corrected chi connectivity index (χ1v) is 13.3. The largest absolute Gasteiger partial charge is 0.338 e. The first-order chi connectivity index (χ1) is 18.2. The topological polar surface area (TPSA) is 86.4 Å². The van der Waals surface area contributed by atoms with Crippen molar-refractivity contribution in [3.8, 4) is 33.1 Å². The van der Waals surface area contributed by atoms with Gasteiger partial charge in [-0.2, -0.15) is 9.49 Å². The average molecular weight is 510 g/mol. The second-order valence-corrected chi connectivity index (χ2v) is 10.5. The third-order valence-electron chi connectivity index (χ3n) is 6.98. The summed E-state index contributed by atoms with van der Waals surface area (Å²) in [7, 11) is 0. The highest BCUT2D eigenvalue weighted by Gasteiger charge is 2.17. The number of fused-ring (bicyclic) bond motifs is 2. The highest BCUT2D eigenvalue weighted by atomic mass is 32.1. The van der Waals surface area contributed by atoms with Crippen molar-refractivity contribution in [1.82, 2.24) is 35.0 Å². The quantitative estimate of drug-likeness (QED) is 0.280. The Bertz CT molecular complexity index is 1730. The van der Waals surface area contributed by atoms with Crippen LogP contribution in [0.5, 0.6) is 0 Å². The van der Waals surface area contributed by atoms with Crippen LogP contribution in [0.1, 0.15) is 24.8 Å². The number of hydrogen-bond donors (Lipinski definition) is 2. The number of pyridine rings is 3. The molecule has 1 aliphatic rings. The van der Waals surface area contributed by atoms with E-state index in [-0.39, 0.29) is 5.13 Å². The van der Waals surface area contributed by atoms with Crippen LogP contribution in [0.15, 0.2) is 61.1 Å². The van der Waals surface area contributed by atoms with Gasteiger partial charge in [-0.15, -0.1) is 11.3 Å². The van der Waals surface area contributed by atoms with Gasteiger partial charge in [-0.25, -0.2) is 9.97 Å². The summed E-state index contributed by atoms with van der Waals surface area (Å²) in [6.07, 6.45) is 9.42. The number of thiophene rings is 1. The van der Waals surface area contributed by atoms with Gasteiger partial charge < -0.3 is 4.98 Å². The molecule has 0 spiro atoms. The van der Waals surface area contributed by atoms with Crippen LogP contribution in [0.3, 0.4) is 0 Å². The molecule has 1 saturated heterocycles. The van der Waals surface area contributed by atoms with Gasteiger partial charge >= 0.3 is 0 Å². The average Bonchev–Trinajstić information content (AvgIpc) is 3.66. The molecule has 0 amide bonds. The van der Waals surface area contributed by atoms with Gasteiger partial charge in [-0.1, -0.05) is 6.42 Å². The molecule has 7 rings (SSSR count). The minimum absolute atomic E-state index is 0.208. The van der Waals surface area contributed by atoms with E-state index in [9.17, 15) is 4.39 Å². The Morgan fingerprint density at radius 2 is 1.92 bits per heavy atom. The van der Waals surface area contributed by atoms with E-state index in [1.54, 1.807) is 12.3 Å². The summed E-state index contributed by atoms with van der Waals surface area (Å²) < 4.78 is 13.7. The molecule has 0 aromatic carbocycles. The number of likely N-dealkylation sites (tertiary alicyclic amines) is 1. The molecule has 9 heteroatoms.